The Kier molecular flexibility index (Phi) is 6.86. The zero-order valence-electron chi connectivity index (χ0n) is 11.4. The van der Waals surface area contributed by atoms with Crippen molar-refractivity contribution >= 4 is 5.97 Å². The van der Waals surface area contributed by atoms with Crippen LogP contribution >= 0.6 is 0 Å². The van der Waals surface area contributed by atoms with E-state index in [2.05, 4.69) is 6.58 Å². The molecule has 0 saturated heterocycles. The third-order valence-corrected chi connectivity index (χ3v) is 2.86. The van der Waals surface area contributed by atoms with Gasteiger partial charge in [-0.3, -0.25) is 0 Å². The van der Waals surface area contributed by atoms with Crippen molar-refractivity contribution in [3.63, 3.8) is 0 Å². The van der Waals surface area contributed by atoms with Gasteiger partial charge in [0.25, 0.3) is 0 Å². The Labute approximate surface area is 114 Å². The van der Waals surface area contributed by atoms with Crippen LogP contribution in [0.2, 0.25) is 0 Å². The average Bonchev–Trinajstić information content (AvgIpc) is 2.40. The molecular weight excluding hydrogens is 243 g/mol. The van der Waals surface area contributed by atoms with Crippen LogP contribution in [0.1, 0.15) is 31.7 Å². The van der Waals surface area contributed by atoms with E-state index in [-0.39, 0.29) is 12.0 Å². The molecule has 0 N–H and O–H groups in total. The van der Waals surface area contributed by atoms with E-state index in [1.165, 1.54) is 5.56 Å². The monoisotopic (exact) mass is 264 g/mol. The molecule has 3 heteroatoms. The van der Waals surface area contributed by atoms with Gasteiger partial charge in [-0.1, -0.05) is 36.9 Å². The second-order valence-corrected chi connectivity index (χ2v) is 4.50. The van der Waals surface area contributed by atoms with E-state index < -0.39 is 12.1 Å². The van der Waals surface area contributed by atoms with E-state index in [0.717, 1.165) is 12.8 Å². The molecule has 0 fully saturated rings. The highest BCUT2D eigenvalue weighted by atomic mass is 19.1. The summed E-state index contributed by atoms with van der Waals surface area (Å²) < 4.78 is 18.5. The van der Waals surface area contributed by atoms with Crippen molar-refractivity contribution in [1.29, 1.82) is 0 Å². The third kappa shape index (κ3) is 6.18. The summed E-state index contributed by atoms with van der Waals surface area (Å²) in [6.07, 6.45) is 1.09. The summed E-state index contributed by atoms with van der Waals surface area (Å²) in [7, 11) is 0. The second-order valence-electron chi connectivity index (χ2n) is 4.50. The van der Waals surface area contributed by atoms with Crippen LogP contribution in [0, 0.1) is 0 Å². The molecule has 0 aliphatic carbocycles. The fraction of sp³-hybridized carbons (Fsp3) is 0.438. The first-order valence-electron chi connectivity index (χ1n) is 6.66. The Hall–Kier alpha value is -1.64. The molecule has 1 rings (SSSR count). The number of carbonyl (C=O) groups excluding carboxylic acids is 1. The highest BCUT2D eigenvalue weighted by molar-refractivity contribution is 5.87. The van der Waals surface area contributed by atoms with Gasteiger partial charge in [0.05, 0.1) is 6.61 Å². The van der Waals surface area contributed by atoms with Crippen molar-refractivity contribution in [2.45, 2.75) is 38.8 Å². The highest BCUT2D eigenvalue weighted by Crippen LogP contribution is 2.15. The topological polar surface area (TPSA) is 26.3 Å². The van der Waals surface area contributed by atoms with Gasteiger partial charge in [-0.05, 0) is 31.7 Å². The van der Waals surface area contributed by atoms with Crippen LogP contribution in [0.5, 0.6) is 0 Å². The lowest BCUT2D eigenvalue weighted by atomic mass is 10.0. The Morgan fingerprint density at radius 1 is 1.37 bits per heavy atom. The van der Waals surface area contributed by atoms with Crippen molar-refractivity contribution in [3.8, 4) is 0 Å². The van der Waals surface area contributed by atoms with Gasteiger partial charge in [-0.2, -0.15) is 0 Å². The summed E-state index contributed by atoms with van der Waals surface area (Å²) >= 11 is 0. The van der Waals surface area contributed by atoms with E-state index >= 15 is 0 Å². The van der Waals surface area contributed by atoms with Crippen molar-refractivity contribution in [1.82, 2.24) is 0 Å². The van der Waals surface area contributed by atoms with Crippen LogP contribution in [-0.4, -0.2) is 18.7 Å². The number of benzene rings is 1. The maximum atomic E-state index is 13.7. The summed E-state index contributed by atoms with van der Waals surface area (Å²) in [6, 6.07) is 9.98. The molecule has 104 valence electrons. The lowest BCUT2D eigenvalue weighted by Crippen LogP contribution is -2.11. The van der Waals surface area contributed by atoms with Crippen LogP contribution in [0.25, 0.3) is 0 Å². The lowest BCUT2D eigenvalue weighted by Gasteiger charge is -2.09. The molecule has 1 unspecified atom stereocenters. The average molecular weight is 264 g/mol. The molecule has 1 aromatic carbocycles. The Bertz CT molecular complexity index is 400. The predicted octanol–water partition coefficient (Wildman–Crippen LogP) is 3.86. The molecule has 0 spiro atoms. The number of aryl methyl sites for hydroxylation is 1. The van der Waals surface area contributed by atoms with Crippen molar-refractivity contribution in [2.24, 2.45) is 0 Å². The largest absolute Gasteiger partial charge is 0.463 e. The number of halogens is 1. The molecule has 0 heterocycles. The molecule has 0 aromatic heterocycles. The normalized spacial score (nSPS) is 11.9. The minimum atomic E-state index is -1.03. The summed E-state index contributed by atoms with van der Waals surface area (Å²) in [5.74, 6) is -0.492. The number of ether oxygens (including phenoxy) is 1. The lowest BCUT2D eigenvalue weighted by molar-refractivity contribution is -0.138. The Balaban J connectivity index is 2.22. The van der Waals surface area contributed by atoms with Gasteiger partial charge in [-0.15, -0.1) is 0 Å². The molecule has 0 radical (unpaired) electrons. The molecule has 0 aliphatic heterocycles. The van der Waals surface area contributed by atoms with Crippen LogP contribution in [0.4, 0.5) is 4.39 Å². The smallest absolute Gasteiger partial charge is 0.333 e. The number of hydrogen-bond acceptors (Lipinski definition) is 2. The van der Waals surface area contributed by atoms with Gasteiger partial charge in [0.1, 0.15) is 6.17 Å². The molecule has 2 nitrogen and oxygen atoms in total. The summed E-state index contributed by atoms with van der Waals surface area (Å²) in [5.41, 5.74) is 1.42. The van der Waals surface area contributed by atoms with E-state index in [1.807, 2.05) is 30.3 Å². The van der Waals surface area contributed by atoms with Crippen LogP contribution in [-0.2, 0) is 16.0 Å². The van der Waals surface area contributed by atoms with Crippen LogP contribution in [0.15, 0.2) is 42.5 Å². The molecule has 0 saturated carbocycles. The first kappa shape index (κ1) is 15.4. The maximum Gasteiger partial charge on any atom is 0.333 e. The van der Waals surface area contributed by atoms with Crippen molar-refractivity contribution < 1.29 is 13.9 Å². The number of carbonyl (C=O) groups is 1. The Morgan fingerprint density at radius 3 is 2.68 bits per heavy atom. The zero-order chi connectivity index (χ0) is 14.1. The SMILES string of the molecule is C=C(CC(F)CCCc1ccccc1)C(=O)OCC. The van der Waals surface area contributed by atoms with Gasteiger partial charge < -0.3 is 4.74 Å². The van der Waals surface area contributed by atoms with E-state index in [9.17, 15) is 9.18 Å². The molecular formula is C16H21FO2. The van der Waals surface area contributed by atoms with Crippen molar-refractivity contribution in [3.05, 3.63) is 48.0 Å². The number of hydrogen-bond donors (Lipinski definition) is 0. The maximum absolute atomic E-state index is 13.7. The summed E-state index contributed by atoms with van der Waals surface area (Å²) in [5, 5.41) is 0. The van der Waals surface area contributed by atoms with E-state index in [0.29, 0.717) is 13.0 Å². The fourth-order valence-corrected chi connectivity index (χ4v) is 1.86. The molecule has 19 heavy (non-hydrogen) atoms. The molecule has 0 amide bonds. The molecule has 0 aliphatic rings. The third-order valence-electron chi connectivity index (χ3n) is 2.86. The van der Waals surface area contributed by atoms with Gasteiger partial charge >= 0.3 is 5.97 Å². The van der Waals surface area contributed by atoms with E-state index in [1.54, 1.807) is 6.92 Å². The minimum Gasteiger partial charge on any atom is -0.463 e. The highest BCUT2D eigenvalue weighted by Gasteiger charge is 2.14. The molecule has 0 bridgehead atoms. The fourth-order valence-electron chi connectivity index (χ4n) is 1.86. The minimum absolute atomic E-state index is 0.0631. The standard InChI is InChI=1S/C16H21FO2/c1-3-19-16(18)13(2)12-15(17)11-7-10-14-8-5-4-6-9-14/h4-6,8-9,15H,2-3,7,10-12H2,1H3. The number of alkyl halides is 1. The van der Waals surface area contributed by atoms with Gasteiger partial charge in [0, 0.05) is 12.0 Å². The first-order chi connectivity index (χ1) is 9.13. The predicted molar refractivity (Wildman–Crippen MR) is 74.7 cm³/mol. The van der Waals surface area contributed by atoms with E-state index in [4.69, 9.17) is 4.74 Å². The van der Waals surface area contributed by atoms with Gasteiger partial charge in [-0.25, -0.2) is 9.18 Å². The van der Waals surface area contributed by atoms with Gasteiger partial charge in [0.15, 0.2) is 0 Å². The summed E-state index contributed by atoms with van der Waals surface area (Å²) in [6.45, 7) is 5.58. The van der Waals surface area contributed by atoms with Crippen molar-refractivity contribution in [2.75, 3.05) is 6.61 Å². The molecule has 1 aromatic rings. The second kappa shape index (κ2) is 8.46. The quantitative estimate of drug-likeness (QED) is 0.526. The molecule has 1 atom stereocenters. The Morgan fingerprint density at radius 2 is 2.05 bits per heavy atom. The summed E-state index contributed by atoms with van der Waals surface area (Å²) in [4.78, 5) is 11.3. The van der Waals surface area contributed by atoms with Gasteiger partial charge in [0.2, 0.25) is 0 Å². The number of rotatable bonds is 8. The van der Waals surface area contributed by atoms with Crippen LogP contribution < -0.4 is 0 Å². The first-order valence-corrected chi connectivity index (χ1v) is 6.66. The number of esters is 1. The zero-order valence-corrected chi connectivity index (χ0v) is 11.4. The van der Waals surface area contributed by atoms with Crippen LogP contribution in [0.3, 0.4) is 0 Å².